The first-order valence-electron chi connectivity index (χ1n) is 15.1. The Bertz CT molecular complexity index is 1560. The summed E-state index contributed by atoms with van der Waals surface area (Å²) < 4.78 is 13.3. The zero-order valence-corrected chi connectivity index (χ0v) is 25.3. The smallest absolute Gasteiger partial charge is 0.407 e. The first kappa shape index (κ1) is 31.0. The van der Waals surface area contributed by atoms with E-state index in [1.165, 1.54) is 15.7 Å². The van der Waals surface area contributed by atoms with E-state index in [9.17, 15) is 19.5 Å². The molecule has 3 aromatic rings. The minimum Gasteiger partial charge on any atom is -0.480 e. The number of likely N-dealkylation sites (tertiary alicyclic amines) is 1. The van der Waals surface area contributed by atoms with E-state index in [0.717, 1.165) is 43.1 Å². The lowest BCUT2D eigenvalue weighted by atomic mass is 9.83. The molecular weight excluding hydrogens is 564 g/mol. The number of ether oxygens (including phenoxy) is 2. The lowest BCUT2D eigenvalue weighted by Crippen LogP contribution is -2.55. The molecule has 1 saturated carbocycles. The fourth-order valence-electron chi connectivity index (χ4n) is 6.20. The fraction of sp³-hybridized carbons (Fsp3) is 0.500. The molecule has 1 saturated heterocycles. The van der Waals surface area contributed by atoms with Gasteiger partial charge in [-0.1, -0.05) is 57.9 Å². The maximum absolute atomic E-state index is 14.1. The van der Waals surface area contributed by atoms with Crippen LogP contribution in [0.5, 0.6) is 5.88 Å². The van der Waals surface area contributed by atoms with Crippen molar-refractivity contribution in [2.75, 3.05) is 13.2 Å². The second-order valence-electron chi connectivity index (χ2n) is 12.5. The third kappa shape index (κ3) is 6.68. The summed E-state index contributed by atoms with van der Waals surface area (Å²) in [5, 5.41) is 27.0. The van der Waals surface area contributed by atoms with Gasteiger partial charge in [0.15, 0.2) is 5.65 Å². The number of nitrogens with zero attached hydrogens (tertiary/aromatic N) is 5. The summed E-state index contributed by atoms with van der Waals surface area (Å²) >= 11 is 0. The van der Waals surface area contributed by atoms with Gasteiger partial charge in [-0.05, 0) is 42.9 Å². The van der Waals surface area contributed by atoms with E-state index >= 15 is 0 Å². The third-order valence-corrected chi connectivity index (χ3v) is 8.54. The molecule has 0 radical (unpaired) electrons. The summed E-state index contributed by atoms with van der Waals surface area (Å²) in [5.74, 6) is -1.43. The molecule has 0 bridgehead atoms. The van der Waals surface area contributed by atoms with Gasteiger partial charge < -0.3 is 24.8 Å². The Labute approximate surface area is 256 Å². The SMILES string of the molecule is C=CCC(C)(C)COC(=O)NC(C(=O)N1C[C@H](Oc2nn3cnnc3c3cc(C=C)ccc23)C[C@H]1C(=O)O)C1CCCCC1. The summed E-state index contributed by atoms with van der Waals surface area (Å²) in [6, 6.07) is 3.60. The molecule has 2 N–H and O–H groups in total. The van der Waals surface area contributed by atoms with Crippen LogP contribution in [0.4, 0.5) is 4.79 Å². The van der Waals surface area contributed by atoms with Crippen molar-refractivity contribution in [2.24, 2.45) is 11.3 Å². The van der Waals surface area contributed by atoms with Gasteiger partial charge in [0.05, 0.1) is 13.2 Å². The van der Waals surface area contributed by atoms with Crippen LogP contribution in [0.3, 0.4) is 0 Å². The van der Waals surface area contributed by atoms with Crippen molar-refractivity contribution in [1.29, 1.82) is 0 Å². The topological polar surface area (TPSA) is 148 Å². The molecule has 3 heterocycles. The number of aromatic nitrogens is 4. The first-order valence-corrected chi connectivity index (χ1v) is 15.1. The molecule has 1 aliphatic carbocycles. The largest absolute Gasteiger partial charge is 0.480 e. The van der Waals surface area contributed by atoms with Crippen molar-refractivity contribution in [3.05, 3.63) is 49.3 Å². The van der Waals surface area contributed by atoms with Crippen LogP contribution in [-0.2, 0) is 14.3 Å². The number of carboxylic acids is 1. The van der Waals surface area contributed by atoms with Crippen molar-refractivity contribution in [2.45, 2.75) is 77.0 Å². The number of benzene rings is 1. The number of carbonyl (C=O) groups is 3. The average molecular weight is 605 g/mol. The molecule has 0 spiro atoms. The van der Waals surface area contributed by atoms with Crippen LogP contribution in [0.15, 0.2) is 43.8 Å². The Kier molecular flexibility index (Phi) is 9.17. The number of fused-ring (bicyclic) bond motifs is 3. The van der Waals surface area contributed by atoms with E-state index in [2.05, 4.69) is 33.8 Å². The number of rotatable bonds is 11. The highest BCUT2D eigenvalue weighted by molar-refractivity contribution is 5.97. The van der Waals surface area contributed by atoms with Crippen LogP contribution in [0, 0.1) is 11.3 Å². The Morgan fingerprint density at radius 2 is 1.95 bits per heavy atom. The standard InChI is InChI=1S/C32H40N6O6/c1-5-14-32(3,4)18-43-31(42)34-26(21-10-8-7-9-11-21)29(39)37-17-22(16-25(37)30(40)41)44-28-23-13-12-20(6-2)15-24(23)27-35-33-19-38(27)36-28/h5-6,12-13,15,19,21-22,25-26H,1-2,7-11,14,16-18H2,3-4H3,(H,34,42)(H,40,41)/t22-,25+,26?/m1/s1. The number of carbonyl (C=O) groups excluding carboxylic acids is 2. The number of nitrogens with one attached hydrogen (secondary N) is 1. The summed E-state index contributed by atoms with van der Waals surface area (Å²) in [4.78, 5) is 40.8. The summed E-state index contributed by atoms with van der Waals surface area (Å²) in [7, 11) is 0. The van der Waals surface area contributed by atoms with E-state index < -0.39 is 36.2 Å². The highest BCUT2D eigenvalue weighted by Gasteiger charge is 2.45. The lowest BCUT2D eigenvalue weighted by molar-refractivity contribution is -0.149. The minimum atomic E-state index is -1.14. The van der Waals surface area contributed by atoms with Crippen molar-refractivity contribution >= 4 is 40.5 Å². The van der Waals surface area contributed by atoms with Crippen molar-refractivity contribution in [3.8, 4) is 5.88 Å². The number of allylic oxidation sites excluding steroid dienone is 1. The van der Waals surface area contributed by atoms with Crippen molar-refractivity contribution < 1.29 is 29.0 Å². The van der Waals surface area contributed by atoms with E-state index in [1.807, 2.05) is 32.0 Å². The molecule has 2 amide bonds. The Balaban J connectivity index is 1.37. The molecule has 2 fully saturated rings. The van der Waals surface area contributed by atoms with Gasteiger partial charge in [0.2, 0.25) is 11.8 Å². The number of aliphatic carboxylic acids is 1. The van der Waals surface area contributed by atoms with Crippen LogP contribution < -0.4 is 10.1 Å². The van der Waals surface area contributed by atoms with Crippen LogP contribution in [-0.4, -0.2) is 79.1 Å². The highest BCUT2D eigenvalue weighted by atomic mass is 16.5. The molecule has 12 heteroatoms. The average Bonchev–Trinajstić information content (AvgIpc) is 3.66. The van der Waals surface area contributed by atoms with E-state index in [4.69, 9.17) is 9.47 Å². The quantitative estimate of drug-likeness (QED) is 0.299. The molecule has 3 atom stereocenters. The predicted molar refractivity (Wildman–Crippen MR) is 164 cm³/mol. The zero-order chi connectivity index (χ0) is 31.4. The number of alkyl carbamates (subject to hydrolysis) is 1. The third-order valence-electron chi connectivity index (χ3n) is 8.54. The van der Waals surface area contributed by atoms with Gasteiger partial charge in [-0.3, -0.25) is 4.79 Å². The summed E-state index contributed by atoms with van der Waals surface area (Å²) in [6.45, 7) is 11.7. The summed E-state index contributed by atoms with van der Waals surface area (Å²) in [5.41, 5.74) is 1.12. The second-order valence-corrected chi connectivity index (χ2v) is 12.5. The molecule has 1 aliphatic heterocycles. The number of carboxylic acid groups (broad SMARTS) is 1. The number of amides is 2. The predicted octanol–water partition coefficient (Wildman–Crippen LogP) is 4.63. The molecule has 234 valence electrons. The monoisotopic (exact) mass is 604 g/mol. The Morgan fingerprint density at radius 1 is 1.18 bits per heavy atom. The normalized spacial score (nSPS) is 19.9. The van der Waals surface area contributed by atoms with Gasteiger partial charge >= 0.3 is 12.1 Å². The van der Waals surface area contributed by atoms with Crippen LogP contribution in [0.2, 0.25) is 0 Å². The van der Waals surface area contributed by atoms with E-state index in [-0.39, 0.29) is 36.8 Å². The second kappa shape index (κ2) is 13.0. The van der Waals surface area contributed by atoms with Gasteiger partial charge in [-0.25, -0.2) is 9.59 Å². The van der Waals surface area contributed by atoms with Crippen LogP contribution in [0.25, 0.3) is 22.5 Å². The maximum Gasteiger partial charge on any atom is 0.407 e. The van der Waals surface area contributed by atoms with Crippen molar-refractivity contribution in [3.63, 3.8) is 0 Å². The van der Waals surface area contributed by atoms with Gasteiger partial charge in [0.1, 0.15) is 24.5 Å². The minimum absolute atomic E-state index is 0.0241. The van der Waals surface area contributed by atoms with Gasteiger partial charge in [-0.15, -0.1) is 21.9 Å². The molecule has 2 aliphatic rings. The molecule has 1 unspecified atom stereocenters. The van der Waals surface area contributed by atoms with Crippen LogP contribution >= 0.6 is 0 Å². The zero-order valence-electron chi connectivity index (χ0n) is 25.3. The lowest BCUT2D eigenvalue weighted by Gasteiger charge is -2.34. The van der Waals surface area contributed by atoms with Crippen LogP contribution in [0.1, 0.15) is 64.4 Å². The maximum atomic E-state index is 14.1. The number of hydrogen-bond donors (Lipinski definition) is 2. The molecular formula is C32H40N6O6. The summed E-state index contributed by atoms with van der Waals surface area (Å²) in [6.07, 6.45) is 8.77. The van der Waals surface area contributed by atoms with Gasteiger partial charge in [0.25, 0.3) is 0 Å². The molecule has 44 heavy (non-hydrogen) atoms. The first-order chi connectivity index (χ1) is 21.1. The molecule has 12 nitrogen and oxygen atoms in total. The number of hydrogen-bond acceptors (Lipinski definition) is 8. The van der Waals surface area contributed by atoms with Gasteiger partial charge in [-0.2, -0.15) is 4.52 Å². The fourth-order valence-corrected chi connectivity index (χ4v) is 6.20. The molecule has 1 aromatic carbocycles. The van der Waals surface area contributed by atoms with E-state index in [0.29, 0.717) is 17.5 Å². The Hall–Kier alpha value is -4.48. The molecule has 2 aromatic heterocycles. The highest BCUT2D eigenvalue weighted by Crippen LogP contribution is 2.33. The van der Waals surface area contributed by atoms with Gasteiger partial charge in [0, 0.05) is 22.6 Å². The van der Waals surface area contributed by atoms with E-state index in [1.54, 1.807) is 12.2 Å². The Morgan fingerprint density at radius 3 is 2.66 bits per heavy atom. The van der Waals surface area contributed by atoms with Crippen molar-refractivity contribution in [1.82, 2.24) is 30.0 Å². The molecule has 5 rings (SSSR count).